The molecule has 0 aliphatic rings. The second kappa shape index (κ2) is 5.21. The average Bonchev–Trinajstić information content (AvgIpc) is 2.73. The Morgan fingerprint density at radius 2 is 2.00 bits per heavy atom. The molecule has 96 valence electrons. The van der Waals surface area contributed by atoms with Gasteiger partial charge in [0.1, 0.15) is 0 Å². The lowest BCUT2D eigenvalue weighted by atomic mass is 9.98. The third-order valence-electron chi connectivity index (χ3n) is 2.91. The molecule has 4 nitrogen and oxygen atoms in total. The number of anilines is 1. The van der Waals surface area contributed by atoms with Crippen molar-refractivity contribution in [2.24, 2.45) is 0 Å². The first-order chi connectivity index (χ1) is 8.58. The Bertz CT molecular complexity index is 532. The highest BCUT2D eigenvalue weighted by Gasteiger charge is 2.10. The summed E-state index contributed by atoms with van der Waals surface area (Å²) >= 11 is 0. The van der Waals surface area contributed by atoms with E-state index in [2.05, 4.69) is 54.5 Å². The summed E-state index contributed by atoms with van der Waals surface area (Å²) in [6.07, 6.45) is 0. The SMILES string of the molecule is Cc1nnc(CNc2c(C)cccc2C(C)C)o1. The normalized spacial score (nSPS) is 10.9. The average molecular weight is 245 g/mol. The Morgan fingerprint density at radius 3 is 2.61 bits per heavy atom. The van der Waals surface area contributed by atoms with Crippen LogP contribution in [0.3, 0.4) is 0 Å². The van der Waals surface area contributed by atoms with Gasteiger partial charge < -0.3 is 9.73 Å². The number of rotatable bonds is 4. The highest BCUT2D eigenvalue weighted by Crippen LogP contribution is 2.27. The summed E-state index contributed by atoms with van der Waals surface area (Å²) in [6, 6.07) is 6.35. The molecule has 0 radical (unpaired) electrons. The van der Waals surface area contributed by atoms with Crippen LogP contribution in [0.2, 0.25) is 0 Å². The summed E-state index contributed by atoms with van der Waals surface area (Å²) in [6.45, 7) is 8.84. The van der Waals surface area contributed by atoms with Crippen molar-refractivity contribution in [2.75, 3.05) is 5.32 Å². The second-order valence-corrected chi connectivity index (χ2v) is 4.76. The summed E-state index contributed by atoms with van der Waals surface area (Å²) in [7, 11) is 0. The zero-order chi connectivity index (χ0) is 13.1. The lowest BCUT2D eigenvalue weighted by Gasteiger charge is -2.16. The van der Waals surface area contributed by atoms with E-state index in [1.54, 1.807) is 6.92 Å². The molecule has 0 unspecified atom stereocenters. The molecule has 0 fully saturated rings. The Hall–Kier alpha value is -1.84. The molecule has 1 aromatic heterocycles. The fourth-order valence-electron chi connectivity index (χ4n) is 1.99. The van der Waals surface area contributed by atoms with Crippen LogP contribution in [0.25, 0.3) is 0 Å². The largest absolute Gasteiger partial charge is 0.424 e. The van der Waals surface area contributed by atoms with Crippen LogP contribution in [0, 0.1) is 13.8 Å². The first kappa shape index (κ1) is 12.6. The molecule has 0 bridgehead atoms. The molecule has 0 aliphatic carbocycles. The highest BCUT2D eigenvalue weighted by molar-refractivity contribution is 5.58. The molecule has 1 heterocycles. The van der Waals surface area contributed by atoms with Gasteiger partial charge in [-0.25, -0.2) is 0 Å². The van der Waals surface area contributed by atoms with Crippen molar-refractivity contribution in [3.8, 4) is 0 Å². The van der Waals surface area contributed by atoms with Crippen molar-refractivity contribution in [1.29, 1.82) is 0 Å². The van der Waals surface area contributed by atoms with Crippen molar-refractivity contribution in [3.63, 3.8) is 0 Å². The quantitative estimate of drug-likeness (QED) is 0.896. The molecule has 0 amide bonds. The number of aromatic nitrogens is 2. The Labute approximate surface area is 107 Å². The van der Waals surface area contributed by atoms with Crippen LogP contribution in [0.5, 0.6) is 0 Å². The van der Waals surface area contributed by atoms with Gasteiger partial charge in [-0.1, -0.05) is 32.0 Å². The lowest BCUT2D eigenvalue weighted by Crippen LogP contribution is -2.05. The lowest BCUT2D eigenvalue weighted by molar-refractivity contribution is 0.474. The van der Waals surface area contributed by atoms with E-state index < -0.39 is 0 Å². The minimum absolute atomic E-state index is 0.483. The summed E-state index contributed by atoms with van der Waals surface area (Å²) in [4.78, 5) is 0. The highest BCUT2D eigenvalue weighted by atomic mass is 16.4. The maximum Gasteiger partial charge on any atom is 0.235 e. The fourth-order valence-corrected chi connectivity index (χ4v) is 1.99. The van der Waals surface area contributed by atoms with Crippen LogP contribution < -0.4 is 5.32 Å². The molecule has 2 rings (SSSR count). The molecule has 0 atom stereocenters. The maximum absolute atomic E-state index is 5.36. The van der Waals surface area contributed by atoms with Crippen molar-refractivity contribution < 1.29 is 4.42 Å². The number of aryl methyl sites for hydroxylation is 2. The van der Waals surface area contributed by atoms with E-state index in [1.165, 1.54) is 16.8 Å². The summed E-state index contributed by atoms with van der Waals surface area (Å²) in [5, 5.41) is 11.2. The predicted octanol–water partition coefficient (Wildman–Crippen LogP) is 3.42. The van der Waals surface area contributed by atoms with Gasteiger partial charge >= 0.3 is 0 Å². The van der Waals surface area contributed by atoms with Gasteiger partial charge in [-0.15, -0.1) is 10.2 Å². The topological polar surface area (TPSA) is 51.0 Å². The van der Waals surface area contributed by atoms with Gasteiger partial charge in [0, 0.05) is 12.6 Å². The predicted molar refractivity (Wildman–Crippen MR) is 71.6 cm³/mol. The third kappa shape index (κ3) is 2.70. The van der Waals surface area contributed by atoms with Crippen LogP contribution in [-0.4, -0.2) is 10.2 Å². The van der Waals surface area contributed by atoms with Crippen molar-refractivity contribution in [1.82, 2.24) is 10.2 Å². The minimum atomic E-state index is 0.483. The molecule has 1 aromatic carbocycles. The fraction of sp³-hybridized carbons (Fsp3) is 0.429. The molecular weight excluding hydrogens is 226 g/mol. The van der Waals surface area contributed by atoms with Crippen LogP contribution in [-0.2, 0) is 6.54 Å². The minimum Gasteiger partial charge on any atom is -0.424 e. The first-order valence-electron chi connectivity index (χ1n) is 6.20. The Balaban J connectivity index is 2.18. The monoisotopic (exact) mass is 245 g/mol. The van der Waals surface area contributed by atoms with Gasteiger partial charge in [0.05, 0.1) is 6.54 Å². The second-order valence-electron chi connectivity index (χ2n) is 4.76. The zero-order valence-electron chi connectivity index (χ0n) is 11.3. The van der Waals surface area contributed by atoms with E-state index >= 15 is 0 Å². The molecule has 0 saturated heterocycles. The standard InChI is InChI=1S/C14H19N3O/c1-9(2)12-7-5-6-10(3)14(12)15-8-13-17-16-11(4)18-13/h5-7,9,15H,8H2,1-4H3. The number of para-hydroxylation sites is 1. The smallest absolute Gasteiger partial charge is 0.235 e. The third-order valence-corrected chi connectivity index (χ3v) is 2.91. The van der Waals surface area contributed by atoms with E-state index in [-0.39, 0.29) is 0 Å². The van der Waals surface area contributed by atoms with Crippen LogP contribution >= 0.6 is 0 Å². The van der Waals surface area contributed by atoms with Crippen LogP contribution in [0.1, 0.15) is 42.7 Å². The van der Waals surface area contributed by atoms with Gasteiger partial charge in [0.2, 0.25) is 11.8 Å². The number of hydrogen-bond donors (Lipinski definition) is 1. The summed E-state index contributed by atoms with van der Waals surface area (Å²) in [5.74, 6) is 1.70. The van der Waals surface area contributed by atoms with Gasteiger partial charge in [-0.2, -0.15) is 0 Å². The number of nitrogens with one attached hydrogen (secondary N) is 1. The molecule has 1 N–H and O–H groups in total. The molecule has 4 heteroatoms. The van der Waals surface area contributed by atoms with E-state index in [4.69, 9.17) is 4.42 Å². The maximum atomic E-state index is 5.36. The van der Waals surface area contributed by atoms with Crippen molar-refractivity contribution in [2.45, 2.75) is 40.2 Å². The molecule has 0 spiro atoms. The molecule has 0 aliphatic heterocycles. The number of benzene rings is 1. The van der Waals surface area contributed by atoms with E-state index in [0.29, 0.717) is 24.2 Å². The number of nitrogens with zero attached hydrogens (tertiary/aromatic N) is 2. The van der Waals surface area contributed by atoms with Gasteiger partial charge in [-0.05, 0) is 24.0 Å². The molecule has 0 saturated carbocycles. The molecular formula is C14H19N3O. The Kier molecular flexibility index (Phi) is 3.65. The Morgan fingerprint density at radius 1 is 1.22 bits per heavy atom. The van der Waals surface area contributed by atoms with Crippen LogP contribution in [0.15, 0.2) is 22.6 Å². The molecule has 18 heavy (non-hydrogen) atoms. The number of hydrogen-bond acceptors (Lipinski definition) is 4. The summed E-state index contributed by atoms with van der Waals surface area (Å²) < 4.78 is 5.36. The van der Waals surface area contributed by atoms with Crippen molar-refractivity contribution >= 4 is 5.69 Å². The van der Waals surface area contributed by atoms with Crippen molar-refractivity contribution in [3.05, 3.63) is 41.1 Å². The van der Waals surface area contributed by atoms with Crippen LogP contribution in [0.4, 0.5) is 5.69 Å². The summed E-state index contributed by atoms with van der Waals surface area (Å²) in [5.41, 5.74) is 3.71. The van der Waals surface area contributed by atoms with Gasteiger partial charge in [0.15, 0.2) is 0 Å². The van der Waals surface area contributed by atoms with E-state index in [0.717, 1.165) is 0 Å². The van der Waals surface area contributed by atoms with E-state index in [1.807, 2.05) is 0 Å². The molecule has 2 aromatic rings. The van der Waals surface area contributed by atoms with E-state index in [9.17, 15) is 0 Å². The first-order valence-corrected chi connectivity index (χ1v) is 6.20. The van der Waals surface area contributed by atoms with Gasteiger partial charge in [-0.3, -0.25) is 0 Å². The zero-order valence-corrected chi connectivity index (χ0v) is 11.3. The van der Waals surface area contributed by atoms with Gasteiger partial charge in [0.25, 0.3) is 0 Å².